The number of halogens is 2. The van der Waals surface area contributed by atoms with Crippen LogP contribution in [0.3, 0.4) is 0 Å². The lowest BCUT2D eigenvalue weighted by atomic mass is 9.87. The van der Waals surface area contributed by atoms with Gasteiger partial charge in [0.05, 0.1) is 25.3 Å². The summed E-state index contributed by atoms with van der Waals surface area (Å²) in [7, 11) is 0. The number of hydrogen-bond acceptors (Lipinski definition) is 6. The van der Waals surface area contributed by atoms with E-state index < -0.39 is 35.3 Å². The molecule has 10 nitrogen and oxygen atoms in total. The highest BCUT2D eigenvalue weighted by atomic mass is 19.1. The number of aryl methyl sites for hydroxylation is 3. The number of piperazine rings is 1. The van der Waals surface area contributed by atoms with Crippen LogP contribution in [0.1, 0.15) is 84.8 Å². The molecule has 45 heavy (non-hydrogen) atoms. The summed E-state index contributed by atoms with van der Waals surface area (Å²) in [6, 6.07) is 4.78. The van der Waals surface area contributed by atoms with Crippen LogP contribution in [0.5, 0.6) is 0 Å². The molecular weight excluding hydrogens is 582 g/mol. The molecule has 1 unspecified atom stereocenters. The fraction of sp³-hybridized carbons (Fsp3) is 0.485. The Morgan fingerprint density at radius 1 is 1.09 bits per heavy atom. The summed E-state index contributed by atoms with van der Waals surface area (Å²) in [6.07, 6.45) is 2.91. The van der Waals surface area contributed by atoms with Gasteiger partial charge >= 0.3 is 6.09 Å². The Balaban J connectivity index is 1.29. The Kier molecular flexibility index (Phi) is 8.95. The van der Waals surface area contributed by atoms with Crippen LogP contribution in [-0.2, 0) is 27.3 Å². The monoisotopic (exact) mass is 622 g/mol. The first-order valence-electron chi connectivity index (χ1n) is 15.2. The fourth-order valence-electron chi connectivity index (χ4n) is 6.40. The highest BCUT2D eigenvalue weighted by molar-refractivity contribution is 5.91. The maximum atomic E-state index is 14.4. The molecule has 1 aliphatic heterocycles. The number of fused-ring (bicyclic) bond motifs is 1. The number of hydrogen-bond donors (Lipinski definition) is 1. The molecule has 3 aromatic rings. The first-order valence-corrected chi connectivity index (χ1v) is 15.2. The molecule has 12 heteroatoms. The molecule has 2 aliphatic rings. The van der Waals surface area contributed by atoms with Crippen LogP contribution in [0.4, 0.5) is 13.6 Å². The van der Waals surface area contributed by atoms with Crippen LogP contribution in [0.15, 0.2) is 30.5 Å². The lowest BCUT2D eigenvalue weighted by molar-refractivity contribution is -0.147. The summed E-state index contributed by atoms with van der Waals surface area (Å²) in [5, 5.41) is 11.2. The van der Waals surface area contributed by atoms with Crippen LogP contribution < -0.4 is 5.32 Å². The van der Waals surface area contributed by atoms with Crippen molar-refractivity contribution >= 4 is 17.9 Å². The standard InChI is InChI=1S/C33H40F2N6O4/c1-19-12-20(2)29(21(3)13-19)30(36-32(44)45-33(4,5)6)31(43)40-11-10-39(28(42)18-40)16-23-17-41(38-37-23)27-9-7-8-24-25(27)14-22(34)15-26(24)35/h12-15,17,27,30H,7-11,16,18H2,1-6H3,(H,36,44)/t27-,30?/m1/s1. The maximum absolute atomic E-state index is 14.4. The number of nitrogens with zero attached hydrogens (tertiary/aromatic N) is 5. The highest BCUT2D eigenvalue weighted by Crippen LogP contribution is 2.34. The Morgan fingerprint density at radius 2 is 1.80 bits per heavy atom. The Bertz CT molecular complexity index is 1610. The van der Waals surface area contributed by atoms with Crippen molar-refractivity contribution in [1.29, 1.82) is 0 Å². The molecule has 0 bridgehead atoms. The van der Waals surface area contributed by atoms with Crippen LogP contribution in [-0.4, -0.2) is 67.9 Å². The molecule has 0 saturated carbocycles. The second-order valence-electron chi connectivity index (χ2n) is 13.0. The van der Waals surface area contributed by atoms with Gasteiger partial charge < -0.3 is 19.9 Å². The number of rotatable bonds is 6. The van der Waals surface area contributed by atoms with Gasteiger partial charge in [-0.1, -0.05) is 22.9 Å². The van der Waals surface area contributed by atoms with Gasteiger partial charge in [0, 0.05) is 19.2 Å². The molecule has 5 rings (SSSR count). The van der Waals surface area contributed by atoms with Crippen molar-refractivity contribution in [3.63, 3.8) is 0 Å². The maximum Gasteiger partial charge on any atom is 0.408 e. The second-order valence-corrected chi connectivity index (χ2v) is 13.0. The number of benzene rings is 2. The zero-order chi connectivity index (χ0) is 32.6. The Labute approximate surface area is 261 Å². The number of ether oxygens (including phenoxy) is 1. The van der Waals surface area contributed by atoms with Gasteiger partial charge in [0.25, 0.3) is 0 Å². The first-order chi connectivity index (χ1) is 21.2. The van der Waals surface area contributed by atoms with Crippen molar-refractivity contribution in [2.24, 2.45) is 0 Å². The zero-order valence-corrected chi connectivity index (χ0v) is 26.6. The SMILES string of the molecule is Cc1cc(C)c(C(NC(=O)OC(C)(C)C)C(=O)N2CCN(Cc3cn([C@@H]4CCCc5c(F)cc(F)cc54)nn3)C(=O)C2)c(C)c1. The normalized spacial score (nSPS) is 17.6. The lowest BCUT2D eigenvalue weighted by Gasteiger charge is -2.36. The second kappa shape index (κ2) is 12.6. The van der Waals surface area contributed by atoms with E-state index in [1.807, 2.05) is 32.9 Å². The number of alkyl carbamates (subject to hydrolysis) is 1. The Hall–Kier alpha value is -4.35. The van der Waals surface area contributed by atoms with E-state index in [1.165, 1.54) is 11.0 Å². The topological polar surface area (TPSA) is 110 Å². The summed E-state index contributed by atoms with van der Waals surface area (Å²) < 4.78 is 35.5. The number of carbonyl (C=O) groups excluding carboxylic acids is 3. The van der Waals surface area contributed by atoms with Crippen LogP contribution in [0.2, 0.25) is 0 Å². The smallest absolute Gasteiger partial charge is 0.408 e. The number of amides is 3. The van der Waals surface area contributed by atoms with Crippen molar-refractivity contribution in [3.8, 4) is 0 Å². The van der Waals surface area contributed by atoms with Crippen molar-refractivity contribution in [1.82, 2.24) is 30.1 Å². The van der Waals surface area contributed by atoms with Crippen molar-refractivity contribution in [2.75, 3.05) is 19.6 Å². The third-order valence-corrected chi connectivity index (χ3v) is 8.25. The average Bonchev–Trinajstić information content (AvgIpc) is 3.39. The highest BCUT2D eigenvalue weighted by Gasteiger charge is 2.36. The van der Waals surface area contributed by atoms with Crippen molar-refractivity contribution in [3.05, 3.63) is 81.2 Å². The molecule has 2 heterocycles. The molecule has 0 spiro atoms. The molecule has 0 radical (unpaired) electrons. The summed E-state index contributed by atoms with van der Waals surface area (Å²) in [5.74, 6) is -1.85. The molecule has 2 aromatic carbocycles. The van der Waals surface area contributed by atoms with Gasteiger partial charge in [0.15, 0.2) is 0 Å². The van der Waals surface area contributed by atoms with Crippen LogP contribution in [0.25, 0.3) is 0 Å². The molecule has 240 valence electrons. The first kappa shape index (κ1) is 32.1. The summed E-state index contributed by atoms with van der Waals surface area (Å²) in [6.45, 7) is 11.5. The minimum absolute atomic E-state index is 0.169. The van der Waals surface area contributed by atoms with Crippen LogP contribution >= 0.6 is 0 Å². The minimum atomic E-state index is -1.03. The summed E-state index contributed by atoms with van der Waals surface area (Å²) in [5.41, 5.74) is 4.23. The molecule has 1 aliphatic carbocycles. The lowest BCUT2D eigenvalue weighted by Crippen LogP contribution is -2.54. The van der Waals surface area contributed by atoms with Gasteiger partial charge in [-0.2, -0.15) is 0 Å². The number of aromatic nitrogens is 3. The molecule has 3 amide bonds. The quantitative estimate of drug-likeness (QED) is 0.421. The van der Waals surface area contributed by atoms with Crippen LogP contribution in [0, 0.1) is 32.4 Å². The molecule has 1 fully saturated rings. The van der Waals surface area contributed by atoms with E-state index in [-0.39, 0.29) is 38.1 Å². The molecule has 1 aromatic heterocycles. The van der Waals surface area contributed by atoms with Gasteiger partial charge in [-0.3, -0.25) is 9.59 Å². The molecule has 2 atom stereocenters. The largest absolute Gasteiger partial charge is 0.444 e. The van der Waals surface area contributed by atoms with Gasteiger partial charge in [-0.05, 0) is 94.7 Å². The summed E-state index contributed by atoms with van der Waals surface area (Å²) >= 11 is 0. The fourth-order valence-corrected chi connectivity index (χ4v) is 6.40. The molecule has 1 N–H and O–H groups in total. The van der Waals surface area contributed by atoms with E-state index in [0.717, 1.165) is 29.2 Å². The van der Waals surface area contributed by atoms with Gasteiger partial charge in [0.2, 0.25) is 11.8 Å². The van der Waals surface area contributed by atoms with E-state index >= 15 is 0 Å². The number of carbonyl (C=O) groups is 3. The predicted molar refractivity (Wildman–Crippen MR) is 162 cm³/mol. The third kappa shape index (κ3) is 7.15. The molecular formula is C33H40F2N6O4. The minimum Gasteiger partial charge on any atom is -0.444 e. The van der Waals surface area contributed by atoms with Crippen molar-refractivity contribution in [2.45, 2.75) is 85.0 Å². The van der Waals surface area contributed by atoms with E-state index in [9.17, 15) is 23.2 Å². The third-order valence-electron chi connectivity index (χ3n) is 8.25. The van der Waals surface area contributed by atoms with Gasteiger partial charge in [-0.15, -0.1) is 5.10 Å². The van der Waals surface area contributed by atoms with E-state index in [4.69, 9.17) is 4.74 Å². The zero-order valence-electron chi connectivity index (χ0n) is 26.6. The van der Waals surface area contributed by atoms with Gasteiger partial charge in [0.1, 0.15) is 29.0 Å². The predicted octanol–water partition coefficient (Wildman–Crippen LogP) is 4.84. The van der Waals surface area contributed by atoms with E-state index in [2.05, 4.69) is 15.6 Å². The molecule has 1 saturated heterocycles. The average molecular weight is 623 g/mol. The Morgan fingerprint density at radius 3 is 2.47 bits per heavy atom. The van der Waals surface area contributed by atoms with E-state index in [1.54, 1.807) is 36.5 Å². The van der Waals surface area contributed by atoms with Gasteiger partial charge in [-0.25, -0.2) is 18.3 Å². The van der Waals surface area contributed by atoms with E-state index in [0.29, 0.717) is 35.2 Å². The summed E-state index contributed by atoms with van der Waals surface area (Å²) in [4.78, 5) is 43.1. The number of nitrogens with one attached hydrogen (secondary N) is 1. The van der Waals surface area contributed by atoms with Crippen molar-refractivity contribution < 1.29 is 27.9 Å².